The third-order valence-corrected chi connectivity index (χ3v) is 6.28. The summed E-state index contributed by atoms with van der Waals surface area (Å²) in [6.45, 7) is 5.41. The second-order valence-corrected chi connectivity index (χ2v) is 10.6. The second-order valence-electron chi connectivity index (χ2n) is 8.46. The van der Waals surface area contributed by atoms with Gasteiger partial charge in [0, 0.05) is 29.1 Å². The Kier molecular flexibility index (Phi) is 6.83. The molecule has 36 heavy (non-hydrogen) atoms. The Balaban J connectivity index is 1.83. The molecular weight excluding hydrogens is 504 g/mol. The van der Waals surface area contributed by atoms with Crippen LogP contribution in [0.4, 0.5) is 5.69 Å². The third kappa shape index (κ3) is 5.24. The summed E-state index contributed by atoms with van der Waals surface area (Å²) in [6, 6.07) is 9.75. The van der Waals surface area contributed by atoms with Gasteiger partial charge in [0.1, 0.15) is 16.5 Å². The van der Waals surface area contributed by atoms with Crippen molar-refractivity contribution in [3.63, 3.8) is 0 Å². The molecule has 0 spiro atoms. The van der Waals surface area contributed by atoms with Crippen LogP contribution in [0.2, 0.25) is 5.15 Å². The zero-order valence-electron chi connectivity index (χ0n) is 19.9. The number of amides is 1. The molecule has 0 unspecified atom stereocenters. The average molecular weight is 527 g/mol. The summed E-state index contributed by atoms with van der Waals surface area (Å²) in [5, 5.41) is 3.63. The van der Waals surface area contributed by atoms with E-state index in [-0.39, 0.29) is 22.0 Å². The van der Waals surface area contributed by atoms with Crippen LogP contribution in [0.15, 0.2) is 58.0 Å². The highest BCUT2D eigenvalue weighted by molar-refractivity contribution is 7.89. The molecule has 0 bridgehead atoms. The fraction of sp³-hybridized carbons (Fsp3) is 0.200. The van der Waals surface area contributed by atoms with Crippen molar-refractivity contribution in [1.29, 1.82) is 0 Å². The molecule has 1 atom stereocenters. The fourth-order valence-electron chi connectivity index (χ4n) is 3.91. The van der Waals surface area contributed by atoms with Crippen molar-refractivity contribution in [1.82, 2.24) is 14.7 Å². The highest BCUT2D eigenvalue weighted by Crippen LogP contribution is 2.32. The number of carbonyl (C=O) groups excluding carboxylic acids is 1. The maximum atomic E-state index is 13.3. The Hall–Kier alpha value is -3.76. The summed E-state index contributed by atoms with van der Waals surface area (Å²) in [5.41, 5.74) is 2.94. The number of carbonyl (C=O) groups is 1. The van der Waals surface area contributed by atoms with E-state index in [1.54, 1.807) is 31.5 Å². The van der Waals surface area contributed by atoms with Crippen LogP contribution in [0.25, 0.3) is 22.3 Å². The Morgan fingerprint density at radius 1 is 1.17 bits per heavy atom. The number of benzene rings is 1. The van der Waals surface area contributed by atoms with Crippen molar-refractivity contribution in [3.05, 3.63) is 86.6 Å². The van der Waals surface area contributed by atoms with E-state index in [2.05, 4.69) is 15.3 Å². The predicted molar refractivity (Wildman–Crippen MR) is 139 cm³/mol. The molecule has 0 aliphatic rings. The SMILES string of the molecule is Cc1cc([C@@H](C)Nc2ccc(Cl)nc2C(=O)NS(C)(=O)=O)c2oc(-c3cccnc3)c(C)c(=O)c2c1. The zero-order valence-corrected chi connectivity index (χ0v) is 21.5. The van der Waals surface area contributed by atoms with E-state index in [4.69, 9.17) is 16.0 Å². The largest absolute Gasteiger partial charge is 0.455 e. The minimum Gasteiger partial charge on any atom is -0.455 e. The highest BCUT2D eigenvalue weighted by Gasteiger charge is 2.22. The monoisotopic (exact) mass is 526 g/mol. The summed E-state index contributed by atoms with van der Waals surface area (Å²) >= 11 is 5.97. The molecule has 3 heterocycles. The van der Waals surface area contributed by atoms with Crippen LogP contribution < -0.4 is 15.5 Å². The van der Waals surface area contributed by atoms with E-state index in [1.165, 1.54) is 12.1 Å². The molecule has 0 fully saturated rings. The number of sulfonamides is 1. The lowest BCUT2D eigenvalue weighted by Gasteiger charge is -2.20. The first-order valence-corrected chi connectivity index (χ1v) is 13.1. The minimum absolute atomic E-state index is 0.0236. The lowest BCUT2D eigenvalue weighted by atomic mass is 9.99. The molecular formula is C25H23ClN4O5S. The molecule has 11 heteroatoms. The van der Waals surface area contributed by atoms with Gasteiger partial charge in [0.2, 0.25) is 10.0 Å². The molecule has 9 nitrogen and oxygen atoms in total. The number of hydrogen-bond acceptors (Lipinski definition) is 8. The summed E-state index contributed by atoms with van der Waals surface area (Å²) in [4.78, 5) is 34.0. The normalized spacial score (nSPS) is 12.4. The molecule has 0 aliphatic carbocycles. The molecule has 2 N–H and O–H groups in total. The first-order chi connectivity index (χ1) is 16.9. The summed E-state index contributed by atoms with van der Waals surface area (Å²) < 4.78 is 31.4. The van der Waals surface area contributed by atoms with Crippen LogP contribution in [-0.4, -0.2) is 30.5 Å². The van der Waals surface area contributed by atoms with Gasteiger partial charge >= 0.3 is 0 Å². The summed E-state index contributed by atoms with van der Waals surface area (Å²) in [6.07, 6.45) is 4.13. The lowest BCUT2D eigenvalue weighted by molar-refractivity contribution is 0.0977. The number of nitrogens with one attached hydrogen (secondary N) is 2. The van der Waals surface area contributed by atoms with E-state index >= 15 is 0 Å². The van der Waals surface area contributed by atoms with Gasteiger partial charge in [0.15, 0.2) is 11.1 Å². The molecule has 0 radical (unpaired) electrons. The number of aryl methyl sites for hydroxylation is 1. The molecule has 1 amide bonds. The van der Waals surface area contributed by atoms with Crippen LogP contribution in [0.1, 0.15) is 40.1 Å². The first-order valence-electron chi connectivity index (χ1n) is 10.9. The van der Waals surface area contributed by atoms with Gasteiger partial charge in [-0.2, -0.15) is 0 Å². The topological polar surface area (TPSA) is 131 Å². The second kappa shape index (κ2) is 9.71. The third-order valence-electron chi connectivity index (χ3n) is 5.51. The van der Waals surface area contributed by atoms with Crippen molar-refractivity contribution in [2.45, 2.75) is 26.8 Å². The van der Waals surface area contributed by atoms with Crippen molar-refractivity contribution >= 4 is 44.2 Å². The molecule has 4 rings (SSSR count). The number of aromatic nitrogens is 2. The van der Waals surface area contributed by atoms with Gasteiger partial charge in [0.05, 0.1) is 23.4 Å². The van der Waals surface area contributed by atoms with Gasteiger partial charge in [0.25, 0.3) is 5.91 Å². The van der Waals surface area contributed by atoms with Gasteiger partial charge in [-0.3, -0.25) is 14.6 Å². The standard InChI is InChI=1S/C25H23ClN4O5S/c1-13-10-17(15(3)28-19-7-8-20(26)29-21(19)25(32)30-36(4,33)34)24-18(11-13)22(31)14(2)23(35-24)16-6-5-9-27-12-16/h5-12,15,28H,1-4H3,(H,30,32)/t15-/m1/s1. The van der Waals surface area contributed by atoms with E-state index in [0.717, 1.165) is 11.8 Å². The van der Waals surface area contributed by atoms with Crippen molar-refractivity contribution < 1.29 is 17.6 Å². The van der Waals surface area contributed by atoms with Gasteiger partial charge in [-0.25, -0.2) is 18.1 Å². The van der Waals surface area contributed by atoms with E-state index < -0.39 is 22.0 Å². The number of halogens is 1. The zero-order chi connectivity index (χ0) is 26.2. The number of anilines is 1. The minimum atomic E-state index is -3.82. The van der Waals surface area contributed by atoms with Crippen LogP contribution in [-0.2, 0) is 10.0 Å². The fourth-order valence-corrected chi connectivity index (χ4v) is 4.50. The molecule has 0 aliphatic heterocycles. The van der Waals surface area contributed by atoms with Crippen LogP contribution in [0, 0.1) is 13.8 Å². The Morgan fingerprint density at radius 3 is 2.58 bits per heavy atom. The van der Waals surface area contributed by atoms with E-state index in [1.807, 2.05) is 30.7 Å². The van der Waals surface area contributed by atoms with Crippen molar-refractivity contribution in [3.8, 4) is 11.3 Å². The average Bonchev–Trinajstić information content (AvgIpc) is 2.81. The number of pyridine rings is 2. The van der Waals surface area contributed by atoms with E-state index in [0.29, 0.717) is 33.4 Å². The van der Waals surface area contributed by atoms with Crippen LogP contribution in [0.3, 0.4) is 0 Å². The van der Waals surface area contributed by atoms with Gasteiger partial charge in [-0.15, -0.1) is 0 Å². The number of nitrogens with zero attached hydrogens (tertiary/aromatic N) is 2. The molecule has 4 aromatic rings. The van der Waals surface area contributed by atoms with Crippen molar-refractivity contribution in [2.75, 3.05) is 11.6 Å². The van der Waals surface area contributed by atoms with Crippen LogP contribution in [0.5, 0.6) is 0 Å². The quantitative estimate of drug-likeness (QED) is 0.354. The predicted octanol–water partition coefficient (Wildman–Crippen LogP) is 4.38. The molecule has 186 valence electrons. The lowest BCUT2D eigenvalue weighted by Crippen LogP contribution is -2.31. The molecule has 3 aromatic heterocycles. The Morgan fingerprint density at radius 2 is 1.92 bits per heavy atom. The van der Waals surface area contributed by atoms with E-state index in [9.17, 15) is 18.0 Å². The Labute approximate surface area is 212 Å². The highest BCUT2D eigenvalue weighted by atomic mass is 35.5. The van der Waals surface area contributed by atoms with Gasteiger partial charge in [-0.05, 0) is 56.7 Å². The van der Waals surface area contributed by atoms with Crippen LogP contribution >= 0.6 is 11.6 Å². The number of rotatable bonds is 6. The number of fused-ring (bicyclic) bond motifs is 1. The van der Waals surface area contributed by atoms with Crippen molar-refractivity contribution in [2.24, 2.45) is 0 Å². The smallest absolute Gasteiger partial charge is 0.285 e. The molecule has 0 saturated carbocycles. The maximum Gasteiger partial charge on any atom is 0.285 e. The van der Waals surface area contributed by atoms with Gasteiger partial charge in [-0.1, -0.05) is 17.7 Å². The number of hydrogen-bond donors (Lipinski definition) is 2. The van der Waals surface area contributed by atoms with Gasteiger partial charge < -0.3 is 9.73 Å². The summed E-state index contributed by atoms with van der Waals surface area (Å²) in [7, 11) is -3.82. The molecule has 0 saturated heterocycles. The summed E-state index contributed by atoms with van der Waals surface area (Å²) in [5.74, 6) is -0.510. The first kappa shape index (κ1) is 25.3. The Bertz CT molecular complexity index is 1650. The maximum absolute atomic E-state index is 13.3. The molecule has 1 aromatic carbocycles.